The van der Waals surface area contributed by atoms with Gasteiger partial charge in [0.2, 0.25) is 5.91 Å². The Labute approximate surface area is 139 Å². The average Bonchev–Trinajstić information content (AvgIpc) is 2.53. The maximum absolute atomic E-state index is 11.9. The fourth-order valence-electron chi connectivity index (χ4n) is 2.82. The number of rotatable bonds is 7. The Hall–Kier alpha value is -1.26. The van der Waals surface area contributed by atoms with Crippen LogP contribution < -0.4 is 15.4 Å². The van der Waals surface area contributed by atoms with Gasteiger partial charge < -0.3 is 15.4 Å². The third-order valence-electron chi connectivity index (χ3n) is 4.13. The second kappa shape index (κ2) is 10.5. The monoisotopic (exact) mass is 326 g/mol. The number of ether oxygens (including phenoxy) is 1. The molecule has 1 amide bonds. The van der Waals surface area contributed by atoms with Gasteiger partial charge in [-0.05, 0) is 49.9 Å². The zero-order valence-corrected chi connectivity index (χ0v) is 14.0. The van der Waals surface area contributed by atoms with Crippen molar-refractivity contribution in [2.75, 3.05) is 26.2 Å². The van der Waals surface area contributed by atoms with Crippen molar-refractivity contribution in [2.45, 2.75) is 26.2 Å². The molecule has 4 nitrogen and oxygen atoms in total. The predicted octanol–water partition coefficient (Wildman–Crippen LogP) is 2.63. The minimum Gasteiger partial charge on any atom is -0.492 e. The lowest BCUT2D eigenvalue weighted by Gasteiger charge is -2.27. The van der Waals surface area contributed by atoms with E-state index in [1.807, 2.05) is 30.3 Å². The van der Waals surface area contributed by atoms with E-state index >= 15 is 0 Å². The van der Waals surface area contributed by atoms with Crippen molar-refractivity contribution in [1.82, 2.24) is 10.6 Å². The fraction of sp³-hybridized carbons (Fsp3) is 0.588. The molecule has 1 aliphatic rings. The first-order chi connectivity index (χ1) is 10.3. The molecular formula is C17H27ClN2O2. The van der Waals surface area contributed by atoms with Gasteiger partial charge in [0.1, 0.15) is 12.4 Å². The molecule has 1 unspecified atom stereocenters. The maximum atomic E-state index is 11.9. The van der Waals surface area contributed by atoms with Crippen LogP contribution in [0.25, 0.3) is 0 Å². The van der Waals surface area contributed by atoms with Gasteiger partial charge in [-0.25, -0.2) is 0 Å². The SMILES string of the molecule is CC(CC(=O)NCCOc1ccccc1)C1CCNCC1.Cl. The van der Waals surface area contributed by atoms with Crippen LogP contribution in [0.5, 0.6) is 5.75 Å². The molecule has 1 aliphatic heterocycles. The van der Waals surface area contributed by atoms with Crippen LogP contribution in [-0.2, 0) is 4.79 Å². The number of carbonyl (C=O) groups is 1. The highest BCUT2D eigenvalue weighted by atomic mass is 35.5. The Kier molecular flexibility index (Phi) is 8.94. The number of carbonyl (C=O) groups excluding carboxylic acids is 1. The lowest BCUT2D eigenvalue weighted by molar-refractivity contribution is -0.122. The normalized spacial score (nSPS) is 16.4. The minimum absolute atomic E-state index is 0. The molecule has 5 heteroatoms. The second-order valence-corrected chi connectivity index (χ2v) is 5.78. The van der Waals surface area contributed by atoms with Gasteiger partial charge in [0, 0.05) is 6.42 Å². The zero-order chi connectivity index (χ0) is 14.9. The quantitative estimate of drug-likeness (QED) is 0.757. The molecule has 1 saturated heterocycles. The summed E-state index contributed by atoms with van der Waals surface area (Å²) in [6, 6.07) is 9.67. The van der Waals surface area contributed by atoms with Crippen LogP contribution in [0, 0.1) is 11.8 Å². The molecule has 0 bridgehead atoms. The van der Waals surface area contributed by atoms with Crippen LogP contribution in [0.15, 0.2) is 30.3 Å². The summed E-state index contributed by atoms with van der Waals surface area (Å²) in [6.07, 6.45) is 2.99. The molecule has 0 aliphatic carbocycles. The van der Waals surface area contributed by atoms with Crippen molar-refractivity contribution in [3.05, 3.63) is 30.3 Å². The number of nitrogens with one attached hydrogen (secondary N) is 2. The smallest absolute Gasteiger partial charge is 0.220 e. The maximum Gasteiger partial charge on any atom is 0.220 e. The number of para-hydroxylation sites is 1. The largest absolute Gasteiger partial charge is 0.492 e. The summed E-state index contributed by atoms with van der Waals surface area (Å²) in [5.74, 6) is 2.12. The summed E-state index contributed by atoms with van der Waals surface area (Å²) >= 11 is 0. The Balaban J connectivity index is 0.00000242. The van der Waals surface area contributed by atoms with Crippen molar-refractivity contribution in [3.63, 3.8) is 0 Å². The van der Waals surface area contributed by atoms with E-state index in [1.165, 1.54) is 12.8 Å². The highest BCUT2D eigenvalue weighted by Gasteiger charge is 2.21. The Bertz CT molecular complexity index is 422. The summed E-state index contributed by atoms with van der Waals surface area (Å²) in [5, 5.41) is 6.31. The number of halogens is 1. The fourth-order valence-corrected chi connectivity index (χ4v) is 2.82. The molecule has 1 aromatic rings. The third kappa shape index (κ3) is 6.67. The summed E-state index contributed by atoms with van der Waals surface area (Å²) in [5.41, 5.74) is 0. The molecule has 0 saturated carbocycles. The van der Waals surface area contributed by atoms with E-state index in [0.717, 1.165) is 18.8 Å². The molecule has 0 spiro atoms. The van der Waals surface area contributed by atoms with E-state index in [2.05, 4.69) is 17.6 Å². The first-order valence-electron chi connectivity index (χ1n) is 7.91. The van der Waals surface area contributed by atoms with Gasteiger partial charge in [0.25, 0.3) is 0 Å². The van der Waals surface area contributed by atoms with Crippen LogP contribution in [0.4, 0.5) is 0 Å². The Morgan fingerprint density at radius 1 is 1.32 bits per heavy atom. The van der Waals surface area contributed by atoms with Crippen LogP contribution in [-0.4, -0.2) is 32.1 Å². The van der Waals surface area contributed by atoms with Gasteiger partial charge in [-0.2, -0.15) is 0 Å². The second-order valence-electron chi connectivity index (χ2n) is 5.78. The van der Waals surface area contributed by atoms with E-state index in [0.29, 0.717) is 31.4 Å². The zero-order valence-electron chi connectivity index (χ0n) is 13.2. The molecule has 2 N–H and O–H groups in total. The Morgan fingerprint density at radius 2 is 2.00 bits per heavy atom. The van der Waals surface area contributed by atoms with E-state index < -0.39 is 0 Å². The summed E-state index contributed by atoms with van der Waals surface area (Å²) in [6.45, 7) is 5.43. The lowest BCUT2D eigenvalue weighted by atomic mass is 9.84. The van der Waals surface area contributed by atoms with Crippen molar-refractivity contribution in [3.8, 4) is 5.75 Å². The van der Waals surface area contributed by atoms with Gasteiger partial charge in [-0.3, -0.25) is 4.79 Å². The van der Waals surface area contributed by atoms with Gasteiger partial charge in [0.15, 0.2) is 0 Å². The van der Waals surface area contributed by atoms with Crippen molar-refractivity contribution >= 4 is 18.3 Å². The van der Waals surface area contributed by atoms with E-state index in [1.54, 1.807) is 0 Å². The first kappa shape index (κ1) is 18.8. The highest BCUT2D eigenvalue weighted by Crippen LogP contribution is 2.24. The van der Waals surface area contributed by atoms with Gasteiger partial charge in [-0.15, -0.1) is 12.4 Å². The molecular weight excluding hydrogens is 300 g/mol. The summed E-state index contributed by atoms with van der Waals surface area (Å²) in [4.78, 5) is 11.9. The van der Waals surface area contributed by atoms with Crippen molar-refractivity contribution in [2.24, 2.45) is 11.8 Å². The van der Waals surface area contributed by atoms with E-state index in [4.69, 9.17) is 4.74 Å². The van der Waals surface area contributed by atoms with E-state index in [-0.39, 0.29) is 18.3 Å². The molecule has 22 heavy (non-hydrogen) atoms. The summed E-state index contributed by atoms with van der Waals surface area (Å²) < 4.78 is 5.55. The third-order valence-corrected chi connectivity index (χ3v) is 4.13. The van der Waals surface area contributed by atoms with Crippen molar-refractivity contribution < 1.29 is 9.53 Å². The van der Waals surface area contributed by atoms with Crippen LogP contribution >= 0.6 is 12.4 Å². The number of hydrogen-bond acceptors (Lipinski definition) is 3. The molecule has 1 atom stereocenters. The molecule has 0 aromatic heterocycles. The van der Waals surface area contributed by atoms with Crippen LogP contribution in [0.2, 0.25) is 0 Å². The molecule has 1 fully saturated rings. The van der Waals surface area contributed by atoms with Gasteiger partial charge in [-0.1, -0.05) is 25.1 Å². The molecule has 2 rings (SSSR count). The topological polar surface area (TPSA) is 50.4 Å². The number of amides is 1. The lowest BCUT2D eigenvalue weighted by Crippen LogP contribution is -2.34. The van der Waals surface area contributed by atoms with Gasteiger partial charge >= 0.3 is 0 Å². The molecule has 1 heterocycles. The Morgan fingerprint density at radius 3 is 2.68 bits per heavy atom. The summed E-state index contributed by atoms with van der Waals surface area (Å²) in [7, 11) is 0. The minimum atomic E-state index is 0. The number of piperidine rings is 1. The standard InChI is InChI=1S/C17H26N2O2.ClH/c1-14(15-7-9-18-10-8-15)13-17(20)19-11-12-21-16-5-3-2-4-6-16;/h2-6,14-15,18H,7-13H2,1H3,(H,19,20);1H. The van der Waals surface area contributed by atoms with Gasteiger partial charge in [0.05, 0.1) is 6.54 Å². The number of benzene rings is 1. The molecule has 0 radical (unpaired) electrons. The molecule has 124 valence electrons. The molecule has 1 aromatic carbocycles. The first-order valence-corrected chi connectivity index (χ1v) is 7.91. The average molecular weight is 327 g/mol. The number of hydrogen-bond donors (Lipinski definition) is 2. The van der Waals surface area contributed by atoms with Crippen LogP contribution in [0.3, 0.4) is 0 Å². The van der Waals surface area contributed by atoms with Crippen LogP contribution in [0.1, 0.15) is 26.2 Å². The van der Waals surface area contributed by atoms with E-state index in [9.17, 15) is 4.79 Å². The van der Waals surface area contributed by atoms with Crippen molar-refractivity contribution in [1.29, 1.82) is 0 Å². The predicted molar refractivity (Wildman–Crippen MR) is 91.6 cm³/mol. The highest BCUT2D eigenvalue weighted by molar-refractivity contribution is 5.85.